The first kappa shape index (κ1) is 28.6. The third kappa shape index (κ3) is 5.39. The minimum Gasteiger partial charge on any atom is -0.383 e. The molecule has 1 saturated carbocycles. The molecular weight excluding hydrogens is 557 g/mol. The summed E-state index contributed by atoms with van der Waals surface area (Å²) in [4.78, 5) is 19.5. The molecule has 1 fully saturated rings. The number of nitriles is 1. The van der Waals surface area contributed by atoms with E-state index in [2.05, 4.69) is 58.4 Å². The lowest BCUT2D eigenvalue weighted by molar-refractivity contribution is -0.195. The second-order valence-corrected chi connectivity index (χ2v) is 12.0. The van der Waals surface area contributed by atoms with Gasteiger partial charge >= 0.3 is 6.18 Å². The predicted octanol–water partition coefficient (Wildman–Crippen LogP) is 5.63. The van der Waals surface area contributed by atoms with Gasteiger partial charge < -0.3 is 21.0 Å². The molecule has 0 unspecified atom stereocenters. The molecule has 0 radical (unpaired) electrons. The number of anilines is 2. The molecule has 1 aliphatic heterocycles. The average Bonchev–Trinajstić information content (AvgIpc) is 3.58. The number of pyridine rings is 2. The molecule has 216 valence electrons. The van der Waals surface area contributed by atoms with E-state index in [1.807, 2.05) is 0 Å². The molecule has 5 rings (SSSR count). The summed E-state index contributed by atoms with van der Waals surface area (Å²) in [7, 11) is 0. The number of nitrogens with one attached hydrogen (secondary N) is 5. The summed E-state index contributed by atoms with van der Waals surface area (Å²) in [6.07, 6.45) is -0.150. The minimum atomic E-state index is -4.43. The van der Waals surface area contributed by atoms with Gasteiger partial charge in [-0.3, -0.25) is 14.8 Å². The molecular formula is C28H30ClF3N8O. The van der Waals surface area contributed by atoms with E-state index >= 15 is 0 Å². The van der Waals surface area contributed by atoms with Gasteiger partial charge in [0.15, 0.2) is 5.54 Å². The molecule has 3 aromatic rings. The van der Waals surface area contributed by atoms with Crippen LogP contribution in [0.3, 0.4) is 0 Å². The number of rotatable bonds is 7. The number of alkyl halides is 3. The molecule has 0 saturated heterocycles. The molecule has 1 atom stereocenters. The van der Waals surface area contributed by atoms with Crippen LogP contribution < -0.4 is 27.2 Å². The highest BCUT2D eigenvalue weighted by Gasteiger charge is 2.67. The maximum Gasteiger partial charge on any atom is 0.413 e. The Bertz CT molecular complexity index is 1630. The third-order valence-corrected chi connectivity index (χ3v) is 7.61. The van der Waals surface area contributed by atoms with Crippen LogP contribution in [0.2, 0.25) is 5.02 Å². The monoisotopic (exact) mass is 586 g/mol. The van der Waals surface area contributed by atoms with Gasteiger partial charge in [-0.15, -0.1) is 5.53 Å². The van der Waals surface area contributed by atoms with Crippen molar-refractivity contribution in [3.8, 4) is 6.07 Å². The Morgan fingerprint density at radius 1 is 1.27 bits per heavy atom. The molecule has 9 nitrogen and oxygen atoms in total. The molecule has 13 heteroatoms. The molecule has 0 bridgehead atoms. The van der Waals surface area contributed by atoms with Crippen molar-refractivity contribution in [1.29, 1.82) is 5.26 Å². The molecule has 5 N–H and O–H groups in total. The van der Waals surface area contributed by atoms with Gasteiger partial charge in [0.25, 0.3) is 5.56 Å². The average molecular weight is 587 g/mol. The second-order valence-electron chi connectivity index (χ2n) is 11.6. The molecule has 0 spiro atoms. The second kappa shape index (κ2) is 10.2. The van der Waals surface area contributed by atoms with Gasteiger partial charge in [0.05, 0.1) is 33.5 Å². The van der Waals surface area contributed by atoms with Crippen molar-refractivity contribution in [2.45, 2.75) is 58.3 Å². The summed E-state index contributed by atoms with van der Waals surface area (Å²) in [6, 6.07) is 6.56. The van der Waals surface area contributed by atoms with E-state index in [-0.39, 0.29) is 23.8 Å². The van der Waals surface area contributed by atoms with E-state index in [1.54, 1.807) is 25.1 Å². The zero-order chi connectivity index (χ0) is 29.7. The van der Waals surface area contributed by atoms with Gasteiger partial charge in [-0.1, -0.05) is 32.4 Å². The fourth-order valence-corrected chi connectivity index (χ4v) is 5.10. The van der Waals surface area contributed by atoms with E-state index in [0.717, 1.165) is 5.01 Å². The maximum atomic E-state index is 13.8. The van der Waals surface area contributed by atoms with Crippen LogP contribution in [0.25, 0.3) is 10.9 Å². The molecule has 0 amide bonds. The highest BCUT2D eigenvalue weighted by Crippen LogP contribution is 2.53. The summed E-state index contributed by atoms with van der Waals surface area (Å²) < 4.78 is 41.5. The van der Waals surface area contributed by atoms with Crippen LogP contribution in [0, 0.1) is 23.7 Å². The standard InChI is InChI=1S/C28H30ClF3N8O/c1-15-18(5-8-34-25(15)41)24(21-13-40(39-38-21)27(6-7-27)28(30,31)32)37-17-9-19-22(36-14-26(2,3)4)16(11-33)12-35-23(19)20(29)10-17/h5,8-10,12-13,24,37-39H,6-7,14H2,1-4H3,(H,34,41)(H,35,36)/t24-/m0/s1. The lowest BCUT2D eigenvalue weighted by Gasteiger charge is -2.28. The van der Waals surface area contributed by atoms with Crippen molar-refractivity contribution >= 4 is 33.9 Å². The number of aromatic amines is 1. The number of fused-ring (bicyclic) bond motifs is 1. The fraction of sp³-hybridized carbons (Fsp3) is 0.393. The van der Waals surface area contributed by atoms with Crippen molar-refractivity contribution in [2.24, 2.45) is 5.41 Å². The molecule has 41 heavy (non-hydrogen) atoms. The van der Waals surface area contributed by atoms with Crippen molar-refractivity contribution in [3.05, 3.63) is 74.6 Å². The molecule has 1 aromatic carbocycles. The van der Waals surface area contributed by atoms with Crippen LogP contribution in [0.4, 0.5) is 24.5 Å². The quantitative estimate of drug-likeness (QED) is 0.242. The van der Waals surface area contributed by atoms with Gasteiger partial charge in [0.2, 0.25) is 0 Å². The SMILES string of the molecule is Cc1c([C@H](Nc2cc(Cl)c3ncc(C#N)c(NCC(C)(C)C)c3c2)C2=CN(C3(C(F)(F)F)CC3)NN2)cc[nH]c1=O. The normalized spacial score (nSPS) is 17.0. The highest BCUT2D eigenvalue weighted by molar-refractivity contribution is 6.35. The highest BCUT2D eigenvalue weighted by atomic mass is 35.5. The molecule has 1 aliphatic carbocycles. The zero-order valence-corrected chi connectivity index (χ0v) is 23.7. The lowest BCUT2D eigenvalue weighted by atomic mass is 9.96. The summed E-state index contributed by atoms with van der Waals surface area (Å²) in [5.74, 6) is 0. The van der Waals surface area contributed by atoms with Crippen LogP contribution in [0.1, 0.15) is 56.3 Å². The van der Waals surface area contributed by atoms with E-state index in [0.29, 0.717) is 56.2 Å². The van der Waals surface area contributed by atoms with Gasteiger partial charge in [0, 0.05) is 41.8 Å². The molecule has 2 aromatic heterocycles. The first-order valence-corrected chi connectivity index (χ1v) is 13.4. The Hall–Kier alpha value is -3.95. The molecule has 3 heterocycles. The third-order valence-electron chi connectivity index (χ3n) is 7.33. The van der Waals surface area contributed by atoms with Crippen molar-refractivity contribution in [2.75, 3.05) is 17.2 Å². The van der Waals surface area contributed by atoms with Crippen LogP contribution in [-0.2, 0) is 0 Å². The number of hydrogen-bond donors (Lipinski definition) is 5. The van der Waals surface area contributed by atoms with E-state index in [4.69, 9.17) is 11.6 Å². The van der Waals surface area contributed by atoms with E-state index in [1.165, 1.54) is 18.6 Å². The predicted molar refractivity (Wildman–Crippen MR) is 152 cm³/mol. The van der Waals surface area contributed by atoms with Gasteiger partial charge in [-0.2, -0.15) is 18.4 Å². The lowest BCUT2D eigenvalue weighted by Crippen LogP contribution is -2.52. The van der Waals surface area contributed by atoms with Crippen LogP contribution in [-0.4, -0.2) is 33.2 Å². The molecule has 2 aliphatic rings. The number of H-pyrrole nitrogens is 1. The smallest absolute Gasteiger partial charge is 0.383 e. The fourth-order valence-electron chi connectivity index (χ4n) is 4.83. The number of hydrazine groups is 2. The van der Waals surface area contributed by atoms with Gasteiger partial charge in [-0.25, -0.2) is 0 Å². The number of aromatic nitrogens is 2. The van der Waals surface area contributed by atoms with Crippen LogP contribution in [0.5, 0.6) is 0 Å². The van der Waals surface area contributed by atoms with E-state index < -0.39 is 17.8 Å². The Kier molecular flexibility index (Phi) is 7.07. The Morgan fingerprint density at radius 3 is 2.63 bits per heavy atom. The first-order chi connectivity index (χ1) is 19.2. The van der Waals surface area contributed by atoms with Gasteiger partial charge in [-0.05, 0) is 48.9 Å². The summed E-state index contributed by atoms with van der Waals surface area (Å²) in [5, 5.41) is 18.5. The Balaban J connectivity index is 1.59. The number of nitrogens with zero attached hydrogens (tertiary/aromatic N) is 3. The number of halogens is 4. The minimum absolute atomic E-state index is 0.0318. The topological polar surface area (TPSA) is 121 Å². The zero-order valence-electron chi connectivity index (χ0n) is 22.9. The first-order valence-electron chi connectivity index (χ1n) is 13.0. The summed E-state index contributed by atoms with van der Waals surface area (Å²) in [6.45, 7) is 8.41. The number of hydrogen-bond acceptors (Lipinski definition) is 8. The maximum absolute atomic E-state index is 13.8. The summed E-state index contributed by atoms with van der Waals surface area (Å²) >= 11 is 6.66. The Morgan fingerprint density at radius 2 is 2.00 bits per heavy atom. The Labute approximate surface area is 239 Å². The van der Waals surface area contributed by atoms with Crippen molar-refractivity contribution < 1.29 is 13.2 Å². The van der Waals surface area contributed by atoms with Crippen LogP contribution >= 0.6 is 11.6 Å². The summed E-state index contributed by atoms with van der Waals surface area (Å²) in [5.41, 5.74) is 6.38. The van der Waals surface area contributed by atoms with Gasteiger partial charge in [0.1, 0.15) is 6.07 Å². The van der Waals surface area contributed by atoms with E-state index in [9.17, 15) is 23.2 Å². The van der Waals surface area contributed by atoms with Crippen molar-refractivity contribution in [1.82, 2.24) is 25.9 Å². The number of benzene rings is 1. The largest absolute Gasteiger partial charge is 0.413 e. The van der Waals surface area contributed by atoms with Crippen molar-refractivity contribution in [3.63, 3.8) is 0 Å². The van der Waals surface area contributed by atoms with Crippen LogP contribution in [0.15, 0.2) is 47.3 Å².